The standard InChI is InChI=1S/C21H23BrN4O3S/c1-21(2,3)24-19(27)12-13-26(23-14-15-8-10-16(22)11-9-15)20-17-6-4-5-7-18(17)30(28,29)25-20/h4-11,14H,12-13H2,1-3H3,(H,24,27)/b23-14+. The summed E-state index contributed by atoms with van der Waals surface area (Å²) in [7, 11) is -3.79. The Labute approximate surface area is 185 Å². The number of fused-ring (bicyclic) bond motifs is 1. The van der Waals surface area contributed by atoms with Crippen LogP contribution < -0.4 is 5.32 Å². The van der Waals surface area contributed by atoms with Crippen molar-refractivity contribution in [3.63, 3.8) is 0 Å². The van der Waals surface area contributed by atoms with Crippen molar-refractivity contribution in [1.82, 2.24) is 10.3 Å². The summed E-state index contributed by atoms with van der Waals surface area (Å²) in [5.41, 5.74) is 0.947. The first-order valence-electron chi connectivity index (χ1n) is 9.38. The first-order chi connectivity index (χ1) is 14.0. The highest BCUT2D eigenvalue weighted by atomic mass is 79.9. The highest BCUT2D eigenvalue weighted by Crippen LogP contribution is 2.27. The maximum Gasteiger partial charge on any atom is 0.285 e. The topological polar surface area (TPSA) is 91.2 Å². The van der Waals surface area contributed by atoms with Crippen LogP contribution in [-0.4, -0.2) is 43.5 Å². The third kappa shape index (κ3) is 5.54. The molecule has 0 aromatic heterocycles. The molecular weight excluding hydrogens is 468 g/mol. The van der Waals surface area contributed by atoms with Crippen molar-refractivity contribution >= 4 is 43.9 Å². The van der Waals surface area contributed by atoms with Crippen molar-refractivity contribution in [2.45, 2.75) is 37.6 Å². The number of amides is 1. The molecule has 1 heterocycles. The van der Waals surface area contributed by atoms with Crippen LogP contribution in [0.4, 0.5) is 0 Å². The van der Waals surface area contributed by atoms with Crippen molar-refractivity contribution < 1.29 is 13.2 Å². The van der Waals surface area contributed by atoms with Gasteiger partial charge in [-0.25, -0.2) is 5.01 Å². The Kier molecular flexibility index (Phi) is 6.42. The largest absolute Gasteiger partial charge is 0.351 e. The highest BCUT2D eigenvalue weighted by molar-refractivity contribution is 9.10. The summed E-state index contributed by atoms with van der Waals surface area (Å²) in [6.07, 6.45) is 1.75. The molecule has 3 rings (SSSR count). The van der Waals surface area contributed by atoms with E-state index >= 15 is 0 Å². The van der Waals surface area contributed by atoms with Crippen molar-refractivity contribution in [1.29, 1.82) is 0 Å². The second-order valence-electron chi connectivity index (χ2n) is 7.85. The second kappa shape index (κ2) is 8.69. The second-order valence-corrected chi connectivity index (χ2v) is 10.3. The number of amidine groups is 1. The number of hydrogen-bond acceptors (Lipinski definition) is 5. The van der Waals surface area contributed by atoms with E-state index < -0.39 is 10.0 Å². The van der Waals surface area contributed by atoms with Crippen LogP contribution in [0.2, 0.25) is 0 Å². The van der Waals surface area contributed by atoms with Gasteiger partial charge in [-0.3, -0.25) is 4.79 Å². The molecule has 2 aromatic carbocycles. The number of sulfonamides is 1. The number of nitrogens with one attached hydrogen (secondary N) is 1. The molecule has 0 bridgehead atoms. The Hall–Kier alpha value is -2.52. The van der Waals surface area contributed by atoms with Crippen LogP contribution in [0, 0.1) is 0 Å². The van der Waals surface area contributed by atoms with E-state index in [1.807, 2.05) is 45.0 Å². The number of nitrogens with zero attached hydrogens (tertiary/aromatic N) is 3. The van der Waals surface area contributed by atoms with Crippen molar-refractivity contribution in [3.8, 4) is 0 Å². The van der Waals surface area contributed by atoms with Crippen LogP contribution in [0.25, 0.3) is 0 Å². The molecule has 158 valence electrons. The molecule has 0 radical (unpaired) electrons. The molecule has 0 aliphatic carbocycles. The molecule has 30 heavy (non-hydrogen) atoms. The fourth-order valence-corrected chi connectivity index (χ4v) is 4.34. The summed E-state index contributed by atoms with van der Waals surface area (Å²) in [4.78, 5) is 12.5. The Morgan fingerprint density at radius 3 is 2.50 bits per heavy atom. The monoisotopic (exact) mass is 490 g/mol. The highest BCUT2D eigenvalue weighted by Gasteiger charge is 2.32. The summed E-state index contributed by atoms with van der Waals surface area (Å²) in [5.74, 6) is 0.0589. The average molecular weight is 491 g/mol. The lowest BCUT2D eigenvalue weighted by molar-refractivity contribution is -0.122. The third-order valence-corrected chi connectivity index (χ3v) is 5.99. The number of hydrazone groups is 1. The molecule has 1 N–H and O–H groups in total. The molecular formula is C21H23BrN4O3S. The Morgan fingerprint density at radius 2 is 1.83 bits per heavy atom. The van der Waals surface area contributed by atoms with E-state index in [-0.39, 0.29) is 35.1 Å². The van der Waals surface area contributed by atoms with Gasteiger partial charge in [0, 0.05) is 22.0 Å². The SMILES string of the molecule is CC(C)(C)NC(=O)CCN(/N=C/c1ccc(Br)cc1)C1=NS(=O)(=O)c2ccccc21. The van der Waals surface area contributed by atoms with Gasteiger partial charge in [0.1, 0.15) is 4.90 Å². The number of benzene rings is 2. The molecule has 0 saturated heterocycles. The summed E-state index contributed by atoms with van der Waals surface area (Å²) in [5, 5.41) is 8.82. The molecule has 0 unspecified atom stereocenters. The Balaban J connectivity index is 1.90. The van der Waals surface area contributed by atoms with Gasteiger partial charge in [0.15, 0.2) is 5.84 Å². The third-order valence-electron chi connectivity index (χ3n) is 4.14. The molecule has 2 aromatic rings. The van der Waals surface area contributed by atoms with E-state index in [0.29, 0.717) is 5.56 Å². The fraction of sp³-hybridized carbons (Fsp3) is 0.286. The van der Waals surface area contributed by atoms with Crippen LogP contribution in [0.3, 0.4) is 0 Å². The van der Waals surface area contributed by atoms with E-state index in [0.717, 1.165) is 10.0 Å². The van der Waals surface area contributed by atoms with Gasteiger partial charge in [-0.15, -0.1) is 4.40 Å². The minimum atomic E-state index is -3.79. The van der Waals surface area contributed by atoms with E-state index in [2.05, 4.69) is 30.7 Å². The lowest BCUT2D eigenvalue weighted by atomic mass is 10.1. The van der Waals surface area contributed by atoms with Crippen molar-refractivity contribution in [2.24, 2.45) is 9.50 Å². The van der Waals surface area contributed by atoms with E-state index in [9.17, 15) is 13.2 Å². The first-order valence-corrected chi connectivity index (χ1v) is 11.6. The van der Waals surface area contributed by atoms with Crippen LogP contribution in [0.1, 0.15) is 38.3 Å². The smallest absolute Gasteiger partial charge is 0.285 e. The van der Waals surface area contributed by atoms with Gasteiger partial charge < -0.3 is 5.32 Å². The lowest BCUT2D eigenvalue weighted by Crippen LogP contribution is -2.42. The van der Waals surface area contributed by atoms with Gasteiger partial charge in [0.25, 0.3) is 10.0 Å². The average Bonchev–Trinajstić information content (AvgIpc) is 2.93. The predicted octanol–water partition coefficient (Wildman–Crippen LogP) is 3.54. The summed E-state index contributed by atoms with van der Waals surface area (Å²) in [6.45, 7) is 5.88. The van der Waals surface area contributed by atoms with E-state index in [1.54, 1.807) is 24.4 Å². The van der Waals surface area contributed by atoms with Crippen LogP contribution in [0.15, 0.2) is 67.4 Å². The number of carbonyl (C=O) groups is 1. The zero-order valence-corrected chi connectivity index (χ0v) is 19.4. The molecule has 7 nitrogen and oxygen atoms in total. The van der Waals surface area contributed by atoms with Gasteiger partial charge in [0.05, 0.1) is 12.8 Å². The molecule has 0 fully saturated rings. The molecule has 0 spiro atoms. The molecule has 1 aliphatic heterocycles. The van der Waals surface area contributed by atoms with Crippen LogP contribution in [0.5, 0.6) is 0 Å². The molecule has 0 atom stereocenters. The van der Waals surface area contributed by atoms with Gasteiger partial charge in [-0.2, -0.15) is 13.5 Å². The Bertz CT molecular complexity index is 1100. The molecule has 1 aliphatic rings. The maximum absolute atomic E-state index is 12.5. The summed E-state index contributed by atoms with van der Waals surface area (Å²) < 4.78 is 29.8. The van der Waals surface area contributed by atoms with Gasteiger partial charge in [-0.1, -0.05) is 40.2 Å². The van der Waals surface area contributed by atoms with Crippen molar-refractivity contribution in [3.05, 3.63) is 64.1 Å². The quantitative estimate of drug-likeness (QED) is 0.512. The zero-order valence-electron chi connectivity index (χ0n) is 17.0. The van der Waals surface area contributed by atoms with Gasteiger partial charge in [0.2, 0.25) is 5.91 Å². The molecule has 9 heteroatoms. The minimum absolute atomic E-state index is 0.135. The zero-order chi connectivity index (χ0) is 21.9. The van der Waals surface area contributed by atoms with E-state index in [4.69, 9.17) is 0 Å². The van der Waals surface area contributed by atoms with Crippen LogP contribution in [-0.2, 0) is 14.8 Å². The number of rotatable bonds is 5. The number of carbonyl (C=O) groups excluding carboxylic acids is 1. The van der Waals surface area contributed by atoms with Gasteiger partial charge >= 0.3 is 0 Å². The lowest BCUT2D eigenvalue weighted by Gasteiger charge is -2.22. The summed E-state index contributed by atoms with van der Waals surface area (Å²) in [6, 6.07) is 14.1. The first kappa shape index (κ1) is 22.2. The molecule has 0 saturated carbocycles. The fourth-order valence-electron chi connectivity index (χ4n) is 2.87. The number of hydrogen-bond donors (Lipinski definition) is 1. The molecule has 1 amide bonds. The van der Waals surface area contributed by atoms with Gasteiger partial charge in [-0.05, 0) is 50.6 Å². The minimum Gasteiger partial charge on any atom is -0.351 e. The number of halogens is 1. The van der Waals surface area contributed by atoms with Crippen LogP contribution >= 0.6 is 15.9 Å². The maximum atomic E-state index is 12.5. The predicted molar refractivity (Wildman–Crippen MR) is 121 cm³/mol. The summed E-state index contributed by atoms with van der Waals surface area (Å²) >= 11 is 3.39. The Morgan fingerprint density at radius 1 is 1.17 bits per heavy atom. The normalized spacial score (nSPS) is 15.0. The van der Waals surface area contributed by atoms with E-state index in [1.165, 1.54) is 11.1 Å². The van der Waals surface area contributed by atoms with Crippen molar-refractivity contribution in [2.75, 3.05) is 6.54 Å².